The van der Waals surface area contributed by atoms with E-state index in [4.69, 9.17) is 14.0 Å². The van der Waals surface area contributed by atoms with E-state index in [9.17, 15) is 4.79 Å². The van der Waals surface area contributed by atoms with Crippen LogP contribution in [0.2, 0.25) is 0 Å². The van der Waals surface area contributed by atoms with Crippen LogP contribution in [0.25, 0.3) is 11.4 Å². The average Bonchev–Trinajstić information content (AvgIpc) is 3.09. The summed E-state index contributed by atoms with van der Waals surface area (Å²) >= 11 is 0. The number of nitrogens with zero attached hydrogens (tertiary/aromatic N) is 4. The molecule has 0 unspecified atom stereocenters. The lowest BCUT2D eigenvalue weighted by Crippen LogP contribution is -2.08. The summed E-state index contributed by atoms with van der Waals surface area (Å²) in [6, 6.07) is 7.28. The summed E-state index contributed by atoms with van der Waals surface area (Å²) in [6.45, 7) is 1.62. The quantitative estimate of drug-likeness (QED) is 0.658. The minimum atomic E-state index is -0.612. The molecule has 0 N–H and O–H groups in total. The minimum Gasteiger partial charge on any atom is -0.496 e. The first kappa shape index (κ1) is 15.6. The van der Waals surface area contributed by atoms with E-state index in [-0.39, 0.29) is 18.2 Å². The van der Waals surface area contributed by atoms with Crippen LogP contribution in [-0.2, 0) is 11.3 Å². The Balaban J connectivity index is 1.68. The number of para-hydroxylation sites is 1. The molecule has 3 aromatic rings. The molecular weight excluding hydrogens is 312 g/mol. The topological polar surface area (TPSA) is 100 Å². The van der Waals surface area contributed by atoms with Gasteiger partial charge in [0.05, 0.1) is 24.6 Å². The van der Waals surface area contributed by atoms with Crippen LogP contribution in [0.1, 0.15) is 22.1 Å². The maximum Gasteiger partial charge on any atom is 0.359 e. The van der Waals surface area contributed by atoms with Crippen LogP contribution in [0.4, 0.5) is 0 Å². The second kappa shape index (κ2) is 6.86. The molecule has 0 fully saturated rings. The molecule has 3 rings (SSSR count). The van der Waals surface area contributed by atoms with E-state index in [0.29, 0.717) is 22.8 Å². The molecule has 0 saturated heterocycles. The van der Waals surface area contributed by atoms with Crippen molar-refractivity contribution >= 4 is 5.97 Å². The Morgan fingerprint density at radius 2 is 2.04 bits per heavy atom. The summed E-state index contributed by atoms with van der Waals surface area (Å²) in [5.74, 6) is 0.536. The summed E-state index contributed by atoms with van der Waals surface area (Å²) in [6.07, 6.45) is 2.84. The van der Waals surface area contributed by atoms with Gasteiger partial charge in [-0.25, -0.2) is 9.78 Å². The van der Waals surface area contributed by atoms with Gasteiger partial charge in [0.15, 0.2) is 12.3 Å². The molecule has 2 aromatic heterocycles. The van der Waals surface area contributed by atoms with Crippen LogP contribution in [0.3, 0.4) is 0 Å². The van der Waals surface area contributed by atoms with E-state index in [2.05, 4.69) is 20.1 Å². The van der Waals surface area contributed by atoms with Gasteiger partial charge in [0, 0.05) is 6.20 Å². The number of carbonyl (C=O) groups excluding carboxylic acids is 1. The fourth-order valence-corrected chi connectivity index (χ4v) is 1.95. The first-order valence-corrected chi connectivity index (χ1v) is 7.09. The monoisotopic (exact) mass is 326 g/mol. The standard InChI is InChI=1S/C16H14N4O4/c1-10-7-18-12(8-17-10)16(21)23-9-14-19-15(20-24-14)11-5-3-4-6-13(11)22-2/h3-8H,9H2,1-2H3. The van der Waals surface area contributed by atoms with Gasteiger partial charge in [-0.1, -0.05) is 17.3 Å². The Bertz CT molecular complexity index is 845. The molecule has 0 spiro atoms. The van der Waals surface area contributed by atoms with Crippen molar-refractivity contribution in [1.82, 2.24) is 20.1 Å². The maximum atomic E-state index is 11.9. The molecule has 0 aliphatic carbocycles. The Morgan fingerprint density at radius 1 is 1.21 bits per heavy atom. The van der Waals surface area contributed by atoms with Crippen LogP contribution in [0.5, 0.6) is 5.75 Å². The molecule has 24 heavy (non-hydrogen) atoms. The van der Waals surface area contributed by atoms with Gasteiger partial charge in [0.25, 0.3) is 5.89 Å². The summed E-state index contributed by atoms with van der Waals surface area (Å²) in [5, 5.41) is 3.87. The number of aromatic nitrogens is 4. The summed E-state index contributed by atoms with van der Waals surface area (Å²) in [4.78, 5) is 24.0. The van der Waals surface area contributed by atoms with Gasteiger partial charge in [-0.2, -0.15) is 4.98 Å². The Hall–Kier alpha value is -3.29. The molecule has 0 saturated carbocycles. The Labute approximate surface area is 137 Å². The van der Waals surface area contributed by atoms with Crippen LogP contribution in [-0.4, -0.2) is 33.2 Å². The lowest BCUT2D eigenvalue weighted by atomic mass is 10.2. The lowest BCUT2D eigenvalue weighted by molar-refractivity contribution is 0.0422. The predicted octanol–water partition coefficient (Wildman–Crippen LogP) is 2.20. The normalized spacial score (nSPS) is 10.4. The van der Waals surface area contributed by atoms with Gasteiger partial charge in [0.1, 0.15) is 5.75 Å². The number of esters is 1. The molecule has 0 radical (unpaired) electrons. The highest BCUT2D eigenvalue weighted by molar-refractivity contribution is 5.86. The van der Waals surface area contributed by atoms with Crippen molar-refractivity contribution in [3.8, 4) is 17.1 Å². The molecule has 8 nitrogen and oxygen atoms in total. The number of hydrogen-bond donors (Lipinski definition) is 0. The lowest BCUT2D eigenvalue weighted by Gasteiger charge is -2.03. The van der Waals surface area contributed by atoms with Gasteiger partial charge in [-0.15, -0.1) is 0 Å². The third-order valence-corrected chi connectivity index (χ3v) is 3.13. The molecule has 0 aliphatic heterocycles. The number of aryl methyl sites for hydroxylation is 1. The highest BCUT2D eigenvalue weighted by Gasteiger charge is 2.15. The molecule has 1 aromatic carbocycles. The summed E-state index contributed by atoms with van der Waals surface area (Å²) < 4.78 is 15.4. The van der Waals surface area contributed by atoms with Crippen LogP contribution in [0.15, 0.2) is 41.2 Å². The SMILES string of the molecule is COc1ccccc1-c1noc(COC(=O)c2cnc(C)cn2)n1. The first-order valence-electron chi connectivity index (χ1n) is 7.09. The van der Waals surface area contributed by atoms with Crippen molar-refractivity contribution in [2.24, 2.45) is 0 Å². The van der Waals surface area contributed by atoms with Crippen molar-refractivity contribution in [2.45, 2.75) is 13.5 Å². The van der Waals surface area contributed by atoms with Crippen molar-refractivity contribution in [3.05, 3.63) is 53.9 Å². The molecular formula is C16H14N4O4. The number of benzene rings is 1. The molecule has 0 bridgehead atoms. The number of rotatable bonds is 5. The minimum absolute atomic E-state index is 0.116. The number of carbonyl (C=O) groups is 1. The van der Waals surface area contributed by atoms with Crippen LogP contribution in [0, 0.1) is 6.92 Å². The molecule has 0 atom stereocenters. The van der Waals surface area contributed by atoms with Crippen molar-refractivity contribution in [3.63, 3.8) is 0 Å². The Morgan fingerprint density at radius 3 is 2.79 bits per heavy atom. The fourth-order valence-electron chi connectivity index (χ4n) is 1.95. The smallest absolute Gasteiger partial charge is 0.359 e. The molecule has 0 aliphatic rings. The second-order valence-corrected chi connectivity index (χ2v) is 4.83. The van der Waals surface area contributed by atoms with Gasteiger partial charge in [-0.05, 0) is 19.1 Å². The molecule has 2 heterocycles. The van der Waals surface area contributed by atoms with E-state index in [1.54, 1.807) is 26.2 Å². The zero-order chi connectivity index (χ0) is 16.9. The van der Waals surface area contributed by atoms with Gasteiger partial charge >= 0.3 is 5.97 Å². The molecule has 122 valence electrons. The maximum absolute atomic E-state index is 11.9. The van der Waals surface area contributed by atoms with Crippen LogP contribution >= 0.6 is 0 Å². The third-order valence-electron chi connectivity index (χ3n) is 3.13. The van der Waals surface area contributed by atoms with E-state index in [1.807, 2.05) is 12.1 Å². The van der Waals surface area contributed by atoms with E-state index < -0.39 is 5.97 Å². The molecule has 0 amide bonds. The largest absolute Gasteiger partial charge is 0.496 e. The van der Waals surface area contributed by atoms with E-state index in [0.717, 1.165) is 0 Å². The van der Waals surface area contributed by atoms with Crippen molar-refractivity contribution in [1.29, 1.82) is 0 Å². The van der Waals surface area contributed by atoms with Gasteiger partial charge in [-0.3, -0.25) is 4.98 Å². The van der Waals surface area contributed by atoms with Crippen molar-refractivity contribution < 1.29 is 18.8 Å². The summed E-state index contributed by atoms with van der Waals surface area (Å²) in [5.41, 5.74) is 1.51. The van der Waals surface area contributed by atoms with Gasteiger partial charge < -0.3 is 14.0 Å². The number of hydrogen-bond acceptors (Lipinski definition) is 8. The Kier molecular flexibility index (Phi) is 4.46. The fraction of sp³-hybridized carbons (Fsp3) is 0.188. The third kappa shape index (κ3) is 3.37. The number of ether oxygens (including phenoxy) is 2. The van der Waals surface area contributed by atoms with Crippen LogP contribution < -0.4 is 4.74 Å². The number of methoxy groups -OCH3 is 1. The highest BCUT2D eigenvalue weighted by atomic mass is 16.6. The predicted molar refractivity (Wildman–Crippen MR) is 82.2 cm³/mol. The zero-order valence-corrected chi connectivity index (χ0v) is 13.1. The highest BCUT2D eigenvalue weighted by Crippen LogP contribution is 2.27. The zero-order valence-electron chi connectivity index (χ0n) is 13.1. The van der Waals surface area contributed by atoms with E-state index in [1.165, 1.54) is 12.4 Å². The van der Waals surface area contributed by atoms with Gasteiger partial charge in [0.2, 0.25) is 5.82 Å². The second-order valence-electron chi connectivity index (χ2n) is 4.83. The van der Waals surface area contributed by atoms with Crippen molar-refractivity contribution in [2.75, 3.05) is 7.11 Å². The van der Waals surface area contributed by atoms with E-state index >= 15 is 0 Å². The molecule has 8 heteroatoms. The first-order chi connectivity index (χ1) is 11.7. The average molecular weight is 326 g/mol. The summed E-state index contributed by atoms with van der Waals surface area (Å²) in [7, 11) is 1.56.